The fourth-order valence-corrected chi connectivity index (χ4v) is 3.43. The maximum atomic E-state index is 12.1. The number of benzene rings is 1. The largest absolute Gasteiger partial charge is 0.458 e. The molecule has 2 heterocycles. The molecule has 2 amide bonds. The molecule has 9 heteroatoms. The first-order valence-electron chi connectivity index (χ1n) is 8.12. The van der Waals surface area contributed by atoms with Gasteiger partial charge in [-0.05, 0) is 24.3 Å². The van der Waals surface area contributed by atoms with Gasteiger partial charge in [-0.15, -0.1) is 11.8 Å². The lowest BCUT2D eigenvalue weighted by Gasteiger charge is -2.23. The molecule has 140 valence electrons. The molecule has 1 unspecified atom stereocenters. The zero-order valence-corrected chi connectivity index (χ0v) is 15.2. The molecule has 1 aliphatic rings. The highest BCUT2D eigenvalue weighted by atomic mass is 32.2. The predicted octanol–water partition coefficient (Wildman–Crippen LogP) is 2.30. The zero-order valence-electron chi connectivity index (χ0n) is 14.4. The van der Waals surface area contributed by atoms with Crippen molar-refractivity contribution in [2.75, 3.05) is 5.32 Å². The highest BCUT2D eigenvalue weighted by Crippen LogP contribution is 2.36. The number of amides is 2. The van der Waals surface area contributed by atoms with Crippen molar-refractivity contribution >= 4 is 41.4 Å². The van der Waals surface area contributed by atoms with E-state index in [1.54, 1.807) is 12.1 Å². The molecule has 1 atom stereocenters. The fourth-order valence-electron chi connectivity index (χ4n) is 2.32. The summed E-state index contributed by atoms with van der Waals surface area (Å²) in [6.07, 6.45) is 1.33. The van der Waals surface area contributed by atoms with Gasteiger partial charge in [-0.3, -0.25) is 14.4 Å². The third kappa shape index (κ3) is 5.20. The molecule has 0 aliphatic carbocycles. The van der Waals surface area contributed by atoms with E-state index >= 15 is 0 Å². The van der Waals surface area contributed by atoms with Gasteiger partial charge in [0.2, 0.25) is 11.8 Å². The highest BCUT2D eigenvalue weighted by Gasteiger charge is 2.28. The molecular weight excluding hydrogens is 370 g/mol. The lowest BCUT2D eigenvalue weighted by Crippen LogP contribution is -2.33. The van der Waals surface area contributed by atoms with Crippen LogP contribution in [-0.2, 0) is 25.7 Å². The standard InChI is InChI=1S/C18H17N3O5S/c1-11(22)25-10-13-7-6-12(26-13)9-19-21-17(23)8-16-18(24)20-14-4-2-3-5-15(14)27-16/h2-7,9,16H,8,10H2,1H3,(H,20,24)(H,21,23)/b19-9+. The summed E-state index contributed by atoms with van der Waals surface area (Å²) in [5.41, 5.74) is 3.13. The van der Waals surface area contributed by atoms with Crippen LogP contribution in [0, 0.1) is 0 Å². The molecular formula is C18H17N3O5S. The number of nitrogens with one attached hydrogen (secondary N) is 2. The van der Waals surface area contributed by atoms with Crippen molar-refractivity contribution in [1.29, 1.82) is 0 Å². The summed E-state index contributed by atoms with van der Waals surface area (Å²) < 4.78 is 10.2. The Kier molecular flexibility index (Phi) is 5.92. The van der Waals surface area contributed by atoms with E-state index in [0.717, 1.165) is 10.6 Å². The highest BCUT2D eigenvalue weighted by molar-refractivity contribution is 8.01. The van der Waals surface area contributed by atoms with Crippen molar-refractivity contribution in [2.24, 2.45) is 5.10 Å². The summed E-state index contributed by atoms with van der Waals surface area (Å²) in [6, 6.07) is 10.7. The van der Waals surface area contributed by atoms with Crippen LogP contribution in [0.25, 0.3) is 0 Å². The normalized spacial score (nSPS) is 15.9. The monoisotopic (exact) mass is 387 g/mol. The Morgan fingerprint density at radius 3 is 2.96 bits per heavy atom. The smallest absolute Gasteiger partial charge is 0.303 e. The first-order valence-corrected chi connectivity index (χ1v) is 9.00. The number of fused-ring (bicyclic) bond motifs is 1. The number of carbonyl (C=O) groups excluding carboxylic acids is 3. The van der Waals surface area contributed by atoms with Crippen LogP contribution in [-0.4, -0.2) is 29.2 Å². The van der Waals surface area contributed by atoms with Gasteiger partial charge in [0.05, 0.1) is 17.2 Å². The minimum Gasteiger partial charge on any atom is -0.458 e. The van der Waals surface area contributed by atoms with Gasteiger partial charge in [-0.1, -0.05) is 12.1 Å². The summed E-state index contributed by atoms with van der Waals surface area (Å²) in [6.45, 7) is 1.34. The third-order valence-electron chi connectivity index (χ3n) is 3.56. The number of carbonyl (C=O) groups is 3. The van der Waals surface area contributed by atoms with Crippen molar-refractivity contribution in [1.82, 2.24) is 5.43 Å². The Morgan fingerprint density at radius 1 is 1.33 bits per heavy atom. The summed E-state index contributed by atoms with van der Waals surface area (Å²) in [7, 11) is 0. The second-order valence-corrected chi connectivity index (χ2v) is 6.92. The second kappa shape index (κ2) is 8.54. The molecule has 0 fully saturated rings. The van der Waals surface area contributed by atoms with E-state index in [1.165, 1.54) is 24.9 Å². The Bertz CT molecular complexity index is 893. The van der Waals surface area contributed by atoms with E-state index in [9.17, 15) is 14.4 Å². The molecule has 3 rings (SSSR count). The molecule has 1 aliphatic heterocycles. The van der Waals surface area contributed by atoms with Crippen LogP contribution in [0.1, 0.15) is 24.9 Å². The Morgan fingerprint density at radius 2 is 2.15 bits per heavy atom. The number of hydrazone groups is 1. The van der Waals surface area contributed by atoms with E-state index in [1.807, 2.05) is 24.3 Å². The van der Waals surface area contributed by atoms with Crippen LogP contribution in [0.3, 0.4) is 0 Å². The van der Waals surface area contributed by atoms with Crippen LogP contribution >= 0.6 is 11.8 Å². The van der Waals surface area contributed by atoms with Crippen molar-refractivity contribution < 1.29 is 23.5 Å². The van der Waals surface area contributed by atoms with E-state index in [4.69, 9.17) is 9.15 Å². The minimum atomic E-state index is -0.519. The number of anilines is 1. The Labute approximate surface area is 159 Å². The SMILES string of the molecule is CC(=O)OCc1ccc(/C=N/NC(=O)CC2Sc3ccccc3NC2=O)o1. The van der Waals surface area contributed by atoms with E-state index in [0.29, 0.717) is 11.5 Å². The van der Waals surface area contributed by atoms with Crippen molar-refractivity contribution in [2.45, 2.75) is 30.1 Å². The summed E-state index contributed by atoms with van der Waals surface area (Å²) in [5.74, 6) is -0.131. The van der Waals surface area contributed by atoms with Gasteiger partial charge in [-0.25, -0.2) is 5.43 Å². The maximum absolute atomic E-state index is 12.1. The molecule has 1 aromatic carbocycles. The number of thioether (sulfide) groups is 1. The maximum Gasteiger partial charge on any atom is 0.303 e. The number of hydrogen-bond donors (Lipinski definition) is 2. The van der Waals surface area contributed by atoms with Gasteiger partial charge in [-0.2, -0.15) is 5.10 Å². The summed E-state index contributed by atoms with van der Waals surface area (Å²) in [5, 5.41) is 6.09. The summed E-state index contributed by atoms with van der Waals surface area (Å²) >= 11 is 1.35. The van der Waals surface area contributed by atoms with Crippen LogP contribution in [0.4, 0.5) is 5.69 Å². The molecule has 8 nitrogen and oxygen atoms in total. The van der Waals surface area contributed by atoms with Crippen molar-refractivity contribution in [3.05, 3.63) is 47.9 Å². The average molecular weight is 387 g/mol. The second-order valence-electron chi connectivity index (χ2n) is 5.67. The summed E-state index contributed by atoms with van der Waals surface area (Å²) in [4.78, 5) is 35.8. The van der Waals surface area contributed by atoms with Gasteiger partial charge < -0.3 is 14.5 Å². The molecule has 1 aromatic heterocycles. The quantitative estimate of drug-likeness (QED) is 0.447. The Balaban J connectivity index is 1.49. The van der Waals surface area contributed by atoms with Crippen molar-refractivity contribution in [3.63, 3.8) is 0 Å². The average Bonchev–Trinajstić information content (AvgIpc) is 3.08. The van der Waals surface area contributed by atoms with Crippen LogP contribution < -0.4 is 10.7 Å². The molecule has 2 aromatic rings. The number of ether oxygens (including phenoxy) is 1. The van der Waals surface area contributed by atoms with Crippen LogP contribution in [0.2, 0.25) is 0 Å². The predicted molar refractivity (Wildman–Crippen MR) is 99.2 cm³/mol. The first-order chi connectivity index (χ1) is 13.0. The van der Waals surface area contributed by atoms with E-state index in [-0.39, 0.29) is 24.8 Å². The van der Waals surface area contributed by atoms with Crippen molar-refractivity contribution in [3.8, 4) is 0 Å². The minimum absolute atomic E-state index is 0.00195. The lowest BCUT2D eigenvalue weighted by atomic mass is 10.2. The van der Waals surface area contributed by atoms with Gasteiger partial charge in [0.25, 0.3) is 0 Å². The molecule has 27 heavy (non-hydrogen) atoms. The molecule has 0 saturated heterocycles. The van der Waals surface area contributed by atoms with Crippen LogP contribution in [0.15, 0.2) is 50.8 Å². The number of furan rings is 1. The zero-order chi connectivity index (χ0) is 19.2. The first kappa shape index (κ1) is 18.7. The molecule has 0 spiro atoms. The Hall–Kier alpha value is -3.07. The van der Waals surface area contributed by atoms with Gasteiger partial charge in [0.1, 0.15) is 18.1 Å². The van der Waals surface area contributed by atoms with Gasteiger partial charge in [0, 0.05) is 18.2 Å². The van der Waals surface area contributed by atoms with Gasteiger partial charge >= 0.3 is 5.97 Å². The number of rotatable bonds is 6. The fraction of sp³-hybridized carbons (Fsp3) is 0.222. The topological polar surface area (TPSA) is 110 Å². The molecule has 2 N–H and O–H groups in total. The lowest BCUT2D eigenvalue weighted by molar-refractivity contribution is -0.142. The van der Waals surface area contributed by atoms with E-state index < -0.39 is 11.2 Å². The van der Waals surface area contributed by atoms with E-state index in [2.05, 4.69) is 15.8 Å². The molecule has 0 saturated carbocycles. The molecule has 0 radical (unpaired) electrons. The third-order valence-corrected chi connectivity index (χ3v) is 4.83. The van der Waals surface area contributed by atoms with Crippen LogP contribution in [0.5, 0.6) is 0 Å². The number of hydrogen-bond acceptors (Lipinski definition) is 7. The van der Waals surface area contributed by atoms with Gasteiger partial charge in [0.15, 0.2) is 0 Å². The number of para-hydroxylation sites is 1. The molecule has 0 bridgehead atoms. The number of esters is 1. The number of nitrogens with zero attached hydrogens (tertiary/aromatic N) is 1.